The van der Waals surface area contributed by atoms with Crippen LogP contribution < -0.4 is 0 Å². The van der Waals surface area contributed by atoms with E-state index < -0.39 is 4.92 Å². The van der Waals surface area contributed by atoms with E-state index in [0.717, 1.165) is 0 Å². The molecule has 1 aromatic heterocycles. The van der Waals surface area contributed by atoms with E-state index in [4.69, 9.17) is 11.6 Å². The second kappa shape index (κ2) is 3.37. The van der Waals surface area contributed by atoms with Crippen molar-refractivity contribution in [3.63, 3.8) is 0 Å². The zero-order valence-corrected chi connectivity index (χ0v) is 8.39. The van der Waals surface area contributed by atoms with Crippen LogP contribution in [-0.2, 0) is 0 Å². The Labute approximate surface area is 81.8 Å². The maximum absolute atomic E-state index is 10.3. The van der Waals surface area contributed by atoms with Gasteiger partial charge in [0.25, 0.3) is 0 Å². The first-order chi connectivity index (χ1) is 5.52. The first-order valence-corrected chi connectivity index (χ1v) is 4.16. The largest absolute Gasteiger partial charge is 0.379 e. The highest BCUT2D eigenvalue weighted by Crippen LogP contribution is 2.26. The van der Waals surface area contributed by atoms with Crippen molar-refractivity contribution in [2.75, 3.05) is 0 Å². The Bertz CT molecular complexity index is 343. The van der Waals surface area contributed by atoms with Crippen LogP contribution in [0.3, 0.4) is 0 Å². The minimum atomic E-state index is -0.588. The van der Waals surface area contributed by atoms with Gasteiger partial charge in [0.1, 0.15) is 4.47 Å². The summed E-state index contributed by atoms with van der Waals surface area (Å²) >= 11 is 8.61. The summed E-state index contributed by atoms with van der Waals surface area (Å²) in [7, 11) is 0. The van der Waals surface area contributed by atoms with Gasteiger partial charge in [0, 0.05) is 5.56 Å². The molecule has 64 valence electrons. The first-order valence-electron chi connectivity index (χ1n) is 2.99. The van der Waals surface area contributed by atoms with E-state index in [9.17, 15) is 10.1 Å². The van der Waals surface area contributed by atoms with Crippen molar-refractivity contribution in [3.05, 3.63) is 31.4 Å². The topological polar surface area (TPSA) is 56.0 Å². The molecule has 0 bridgehead atoms. The van der Waals surface area contributed by atoms with Crippen molar-refractivity contribution in [2.45, 2.75) is 6.92 Å². The third kappa shape index (κ3) is 1.73. The minimum Gasteiger partial charge on any atom is -0.358 e. The van der Waals surface area contributed by atoms with E-state index in [0.29, 0.717) is 10.0 Å². The molecule has 0 saturated carbocycles. The molecule has 0 aliphatic rings. The highest BCUT2D eigenvalue weighted by atomic mass is 79.9. The van der Waals surface area contributed by atoms with Crippen LogP contribution in [0.25, 0.3) is 0 Å². The molecule has 0 aromatic carbocycles. The highest BCUT2D eigenvalue weighted by molar-refractivity contribution is 9.10. The van der Waals surface area contributed by atoms with E-state index in [1.165, 1.54) is 0 Å². The lowest BCUT2D eigenvalue weighted by molar-refractivity contribution is -0.390. The van der Waals surface area contributed by atoms with Crippen LogP contribution in [-0.4, -0.2) is 9.91 Å². The number of aromatic nitrogens is 1. The van der Waals surface area contributed by atoms with Crippen LogP contribution in [0.15, 0.2) is 10.5 Å². The normalized spacial score (nSPS) is 9.92. The standard InChI is InChI=1S/C6H4BrClN2O2/c1-3-2-4(7)6(10(11)12)9-5(3)8/h2H,1H3. The number of nitrogens with zero attached hydrogens (tertiary/aromatic N) is 2. The Kier molecular flexibility index (Phi) is 2.64. The Morgan fingerprint density at radius 1 is 1.75 bits per heavy atom. The number of pyridine rings is 1. The molecular formula is C6H4BrClN2O2. The second-order valence-electron chi connectivity index (χ2n) is 2.16. The molecule has 0 N–H and O–H groups in total. The van der Waals surface area contributed by atoms with Gasteiger partial charge in [-0.1, -0.05) is 0 Å². The molecule has 0 spiro atoms. The summed E-state index contributed by atoms with van der Waals surface area (Å²) in [6.07, 6.45) is 0. The van der Waals surface area contributed by atoms with Crippen LogP contribution >= 0.6 is 27.5 Å². The molecule has 1 rings (SSSR count). The minimum absolute atomic E-state index is 0.157. The molecule has 1 heterocycles. The molecule has 0 radical (unpaired) electrons. The van der Waals surface area contributed by atoms with E-state index in [1.807, 2.05) is 0 Å². The van der Waals surface area contributed by atoms with Gasteiger partial charge in [-0.3, -0.25) is 0 Å². The van der Waals surface area contributed by atoms with Gasteiger partial charge in [-0.05, 0) is 50.4 Å². The molecule has 0 amide bonds. The SMILES string of the molecule is Cc1cc(Br)c([N+](=O)[O-])nc1Cl. The predicted octanol–water partition coefficient (Wildman–Crippen LogP) is 2.71. The average Bonchev–Trinajstić information content (AvgIpc) is 1.96. The molecule has 1 aromatic rings. The van der Waals surface area contributed by atoms with Gasteiger partial charge in [-0.15, -0.1) is 0 Å². The molecule has 12 heavy (non-hydrogen) atoms. The summed E-state index contributed by atoms with van der Waals surface area (Å²) in [4.78, 5) is 13.3. The number of aryl methyl sites for hydroxylation is 1. The molecule has 0 unspecified atom stereocenters. The Morgan fingerprint density at radius 3 is 2.83 bits per heavy atom. The van der Waals surface area contributed by atoms with Crippen LogP contribution in [0, 0.1) is 17.0 Å². The zero-order chi connectivity index (χ0) is 9.30. The van der Waals surface area contributed by atoms with Crippen LogP contribution in [0.1, 0.15) is 5.56 Å². The van der Waals surface area contributed by atoms with Gasteiger partial charge in [-0.2, -0.15) is 0 Å². The maximum Gasteiger partial charge on any atom is 0.379 e. The third-order valence-corrected chi connectivity index (χ3v) is 2.23. The average molecular weight is 251 g/mol. The van der Waals surface area contributed by atoms with Crippen molar-refractivity contribution < 1.29 is 4.92 Å². The van der Waals surface area contributed by atoms with E-state index >= 15 is 0 Å². The number of halogens is 2. The van der Waals surface area contributed by atoms with Crippen LogP contribution in [0.4, 0.5) is 5.82 Å². The quantitative estimate of drug-likeness (QED) is 0.438. The fraction of sp³-hybridized carbons (Fsp3) is 0.167. The highest BCUT2D eigenvalue weighted by Gasteiger charge is 2.16. The van der Waals surface area contributed by atoms with Crippen LogP contribution in [0.2, 0.25) is 5.15 Å². The fourth-order valence-electron chi connectivity index (χ4n) is 0.677. The zero-order valence-electron chi connectivity index (χ0n) is 6.04. The van der Waals surface area contributed by atoms with Crippen molar-refractivity contribution in [2.24, 2.45) is 0 Å². The lowest BCUT2D eigenvalue weighted by atomic mass is 10.3. The summed E-state index contributed by atoms with van der Waals surface area (Å²) < 4.78 is 0.342. The van der Waals surface area contributed by atoms with Gasteiger partial charge >= 0.3 is 5.82 Å². The molecule has 0 atom stereocenters. The summed E-state index contributed by atoms with van der Waals surface area (Å²) in [5.41, 5.74) is 0.703. The van der Waals surface area contributed by atoms with Gasteiger partial charge in [0.2, 0.25) is 5.15 Å². The summed E-state index contributed by atoms with van der Waals surface area (Å²) in [6, 6.07) is 1.56. The maximum atomic E-state index is 10.3. The first kappa shape index (κ1) is 9.41. The predicted molar refractivity (Wildman–Crippen MR) is 48.3 cm³/mol. The van der Waals surface area contributed by atoms with Gasteiger partial charge in [-0.25, -0.2) is 0 Å². The van der Waals surface area contributed by atoms with Crippen molar-refractivity contribution in [1.29, 1.82) is 0 Å². The van der Waals surface area contributed by atoms with Crippen molar-refractivity contribution in [1.82, 2.24) is 4.98 Å². The number of hydrogen-bond donors (Lipinski definition) is 0. The van der Waals surface area contributed by atoms with Crippen molar-refractivity contribution in [3.8, 4) is 0 Å². The molecule has 0 aliphatic heterocycles. The van der Waals surface area contributed by atoms with E-state index in [-0.39, 0.29) is 11.0 Å². The lowest BCUT2D eigenvalue weighted by Crippen LogP contribution is -1.94. The molecule has 0 saturated heterocycles. The third-order valence-electron chi connectivity index (χ3n) is 1.26. The number of hydrogen-bond acceptors (Lipinski definition) is 3. The Hall–Kier alpha value is -0.680. The number of nitro groups is 1. The number of rotatable bonds is 1. The van der Waals surface area contributed by atoms with Crippen LogP contribution in [0.5, 0.6) is 0 Å². The fourth-order valence-corrected chi connectivity index (χ4v) is 1.39. The molecular weight excluding hydrogens is 247 g/mol. The Balaban J connectivity index is 3.33. The Morgan fingerprint density at radius 2 is 2.33 bits per heavy atom. The second-order valence-corrected chi connectivity index (χ2v) is 3.37. The monoisotopic (exact) mass is 250 g/mol. The summed E-state index contributed by atoms with van der Waals surface area (Å²) in [5.74, 6) is -0.259. The molecule has 0 aliphatic carbocycles. The van der Waals surface area contributed by atoms with E-state index in [1.54, 1.807) is 13.0 Å². The van der Waals surface area contributed by atoms with Gasteiger partial charge in [0.15, 0.2) is 0 Å². The van der Waals surface area contributed by atoms with Gasteiger partial charge < -0.3 is 10.1 Å². The molecule has 6 heteroatoms. The summed E-state index contributed by atoms with van der Waals surface area (Å²) in [5, 5.41) is 10.5. The lowest BCUT2D eigenvalue weighted by Gasteiger charge is -1.96. The smallest absolute Gasteiger partial charge is 0.358 e. The molecule has 0 fully saturated rings. The molecule has 4 nitrogen and oxygen atoms in total. The van der Waals surface area contributed by atoms with E-state index in [2.05, 4.69) is 20.9 Å². The summed E-state index contributed by atoms with van der Waals surface area (Å²) in [6.45, 7) is 1.73. The van der Waals surface area contributed by atoms with Gasteiger partial charge in [0.05, 0.1) is 0 Å². The van der Waals surface area contributed by atoms with Crippen molar-refractivity contribution >= 4 is 33.3 Å².